The minimum absolute atomic E-state index is 0.0384. The van der Waals surface area contributed by atoms with Gasteiger partial charge in [-0.25, -0.2) is 4.39 Å². The molecule has 0 spiro atoms. The molecule has 2 atom stereocenters. The monoisotopic (exact) mass is 370 g/mol. The molecule has 0 radical (unpaired) electrons. The van der Waals surface area contributed by atoms with Crippen LogP contribution in [-0.2, 0) is 14.4 Å². The van der Waals surface area contributed by atoms with Crippen LogP contribution in [0.4, 0.5) is 10.1 Å². The number of aliphatic carboxylic acids is 1. The number of anilines is 1. The molecule has 0 aromatic heterocycles. The van der Waals surface area contributed by atoms with Crippen molar-refractivity contribution in [3.63, 3.8) is 0 Å². The first kappa shape index (κ1) is 18.6. The smallest absolute Gasteiger partial charge is 0.312 e. The van der Waals surface area contributed by atoms with Crippen molar-refractivity contribution >= 4 is 23.5 Å². The Morgan fingerprint density at radius 3 is 2.48 bits per heavy atom. The van der Waals surface area contributed by atoms with Crippen LogP contribution in [0.15, 0.2) is 54.6 Å². The number of benzene rings is 2. The molecule has 0 aliphatic carbocycles. The first-order valence-electron chi connectivity index (χ1n) is 8.57. The summed E-state index contributed by atoms with van der Waals surface area (Å²) in [5.41, 5.74) is 0.728. The third-order valence-electron chi connectivity index (χ3n) is 4.62. The fourth-order valence-corrected chi connectivity index (χ4v) is 3.17. The first-order valence-corrected chi connectivity index (χ1v) is 8.57. The number of nitrogens with zero attached hydrogens (tertiary/aromatic N) is 1. The molecule has 1 heterocycles. The van der Waals surface area contributed by atoms with Gasteiger partial charge in [0.25, 0.3) is 0 Å². The number of rotatable bonds is 6. The number of carbonyl (C=O) groups is 3. The topological polar surface area (TPSA) is 86.7 Å². The molecule has 1 aliphatic rings. The van der Waals surface area contributed by atoms with Crippen molar-refractivity contribution in [3.05, 3.63) is 66.0 Å². The third kappa shape index (κ3) is 4.13. The molecule has 2 unspecified atom stereocenters. The van der Waals surface area contributed by atoms with Gasteiger partial charge in [0, 0.05) is 19.5 Å². The zero-order valence-corrected chi connectivity index (χ0v) is 14.5. The number of hydrogen-bond donors (Lipinski definition) is 2. The number of hydrogen-bond acceptors (Lipinski definition) is 3. The fourth-order valence-electron chi connectivity index (χ4n) is 3.17. The van der Waals surface area contributed by atoms with Gasteiger partial charge in [-0.05, 0) is 17.7 Å². The molecule has 6 nitrogen and oxygen atoms in total. The van der Waals surface area contributed by atoms with E-state index >= 15 is 0 Å². The van der Waals surface area contributed by atoms with Crippen molar-refractivity contribution < 1.29 is 23.9 Å². The summed E-state index contributed by atoms with van der Waals surface area (Å²) >= 11 is 0. The number of amides is 2. The van der Waals surface area contributed by atoms with E-state index < -0.39 is 29.5 Å². The minimum atomic E-state index is -1.04. The highest BCUT2D eigenvalue weighted by molar-refractivity contribution is 6.00. The SMILES string of the molecule is O=C(NCC(C(=O)O)c1ccccc1)C1CC(=O)N(c2ccccc2F)C1. The number of carboxylic acids is 1. The zero-order valence-electron chi connectivity index (χ0n) is 14.5. The second-order valence-electron chi connectivity index (χ2n) is 6.40. The van der Waals surface area contributed by atoms with Crippen molar-refractivity contribution in [2.45, 2.75) is 12.3 Å². The molecule has 2 N–H and O–H groups in total. The van der Waals surface area contributed by atoms with Crippen LogP contribution in [0.5, 0.6) is 0 Å². The van der Waals surface area contributed by atoms with Gasteiger partial charge < -0.3 is 15.3 Å². The van der Waals surface area contributed by atoms with Crippen LogP contribution in [-0.4, -0.2) is 36.0 Å². The normalized spacial score (nSPS) is 17.6. The van der Waals surface area contributed by atoms with Crippen LogP contribution in [0.25, 0.3) is 0 Å². The van der Waals surface area contributed by atoms with Crippen LogP contribution in [0.2, 0.25) is 0 Å². The Labute approximate surface area is 155 Å². The van der Waals surface area contributed by atoms with Crippen molar-refractivity contribution in [1.29, 1.82) is 0 Å². The molecule has 2 aromatic rings. The highest BCUT2D eigenvalue weighted by Gasteiger charge is 2.36. The lowest BCUT2D eigenvalue weighted by molar-refractivity contribution is -0.138. The van der Waals surface area contributed by atoms with Crippen LogP contribution < -0.4 is 10.2 Å². The lowest BCUT2D eigenvalue weighted by Gasteiger charge is -2.18. The van der Waals surface area contributed by atoms with Crippen molar-refractivity contribution in [1.82, 2.24) is 5.32 Å². The van der Waals surface area contributed by atoms with E-state index in [-0.39, 0.29) is 31.1 Å². The maximum atomic E-state index is 13.9. The number of halogens is 1. The molecule has 140 valence electrons. The van der Waals surface area contributed by atoms with E-state index in [0.717, 1.165) is 0 Å². The van der Waals surface area contributed by atoms with Gasteiger partial charge in [-0.15, -0.1) is 0 Å². The summed E-state index contributed by atoms with van der Waals surface area (Å²) in [5.74, 6) is -3.85. The molecule has 0 bridgehead atoms. The van der Waals surface area contributed by atoms with Gasteiger partial charge >= 0.3 is 5.97 Å². The lowest BCUT2D eigenvalue weighted by Crippen LogP contribution is -2.37. The van der Waals surface area contributed by atoms with Gasteiger partial charge in [-0.2, -0.15) is 0 Å². The Balaban J connectivity index is 1.64. The van der Waals surface area contributed by atoms with Crippen LogP contribution in [0.1, 0.15) is 17.9 Å². The predicted octanol–water partition coefficient (Wildman–Crippen LogP) is 2.16. The molecule has 27 heavy (non-hydrogen) atoms. The molecule has 3 rings (SSSR count). The van der Waals surface area contributed by atoms with Crippen molar-refractivity contribution in [3.8, 4) is 0 Å². The van der Waals surface area contributed by atoms with Crippen molar-refractivity contribution in [2.24, 2.45) is 5.92 Å². The van der Waals surface area contributed by atoms with Gasteiger partial charge in [-0.1, -0.05) is 42.5 Å². The standard InChI is InChI=1S/C20H19FN2O4/c21-16-8-4-5-9-17(16)23-12-14(10-18(23)24)19(25)22-11-15(20(26)27)13-6-2-1-3-7-13/h1-9,14-15H,10-12H2,(H,22,25)(H,26,27). The zero-order chi connectivity index (χ0) is 19.4. The van der Waals surface area contributed by atoms with E-state index in [4.69, 9.17) is 0 Å². The average Bonchev–Trinajstić information content (AvgIpc) is 3.04. The summed E-state index contributed by atoms with van der Waals surface area (Å²) < 4.78 is 13.9. The van der Waals surface area contributed by atoms with E-state index in [1.165, 1.54) is 23.1 Å². The number of carboxylic acid groups (broad SMARTS) is 1. The van der Waals surface area contributed by atoms with Crippen LogP contribution >= 0.6 is 0 Å². The van der Waals surface area contributed by atoms with E-state index in [1.54, 1.807) is 36.4 Å². The molecule has 2 amide bonds. The Morgan fingerprint density at radius 2 is 1.81 bits per heavy atom. The lowest BCUT2D eigenvalue weighted by atomic mass is 9.99. The molecule has 7 heteroatoms. The maximum Gasteiger partial charge on any atom is 0.312 e. The molecule has 0 saturated carbocycles. The highest BCUT2D eigenvalue weighted by Crippen LogP contribution is 2.27. The summed E-state index contributed by atoms with van der Waals surface area (Å²) in [6.07, 6.45) is -0.0384. The number of nitrogens with one attached hydrogen (secondary N) is 1. The summed E-state index contributed by atoms with van der Waals surface area (Å²) in [4.78, 5) is 37.4. The second kappa shape index (κ2) is 7.99. The van der Waals surface area contributed by atoms with Gasteiger partial charge in [-0.3, -0.25) is 14.4 Å². The number of para-hydroxylation sites is 1. The molecule has 1 fully saturated rings. The first-order chi connectivity index (χ1) is 13.0. The highest BCUT2D eigenvalue weighted by atomic mass is 19.1. The van der Waals surface area contributed by atoms with Gasteiger partial charge in [0.2, 0.25) is 11.8 Å². The Kier molecular flexibility index (Phi) is 5.49. The van der Waals surface area contributed by atoms with Crippen LogP contribution in [0, 0.1) is 11.7 Å². The molecule has 2 aromatic carbocycles. The predicted molar refractivity (Wildman–Crippen MR) is 96.7 cm³/mol. The van der Waals surface area contributed by atoms with E-state index in [1.807, 2.05) is 0 Å². The Morgan fingerprint density at radius 1 is 1.15 bits per heavy atom. The second-order valence-corrected chi connectivity index (χ2v) is 6.40. The minimum Gasteiger partial charge on any atom is -0.481 e. The van der Waals surface area contributed by atoms with Crippen molar-refractivity contribution in [2.75, 3.05) is 18.0 Å². The van der Waals surface area contributed by atoms with Gasteiger partial charge in [0.15, 0.2) is 0 Å². The summed E-state index contributed by atoms with van der Waals surface area (Å²) in [6.45, 7) is -0.0166. The quantitative estimate of drug-likeness (QED) is 0.816. The van der Waals surface area contributed by atoms with Gasteiger partial charge in [0.1, 0.15) is 5.82 Å². The Bertz CT molecular complexity index is 856. The summed E-state index contributed by atoms with van der Waals surface area (Å²) in [7, 11) is 0. The Hall–Kier alpha value is -3.22. The molecule has 1 aliphatic heterocycles. The molecular formula is C20H19FN2O4. The van der Waals surface area contributed by atoms with Crippen LogP contribution in [0.3, 0.4) is 0 Å². The summed E-state index contributed by atoms with van der Waals surface area (Å²) in [6, 6.07) is 14.5. The summed E-state index contributed by atoms with van der Waals surface area (Å²) in [5, 5.41) is 12.0. The van der Waals surface area contributed by atoms with E-state index in [2.05, 4.69) is 5.32 Å². The largest absolute Gasteiger partial charge is 0.481 e. The average molecular weight is 370 g/mol. The van der Waals surface area contributed by atoms with E-state index in [0.29, 0.717) is 5.56 Å². The van der Waals surface area contributed by atoms with Gasteiger partial charge in [0.05, 0.1) is 17.5 Å². The fraction of sp³-hybridized carbons (Fsp3) is 0.250. The maximum absolute atomic E-state index is 13.9. The van der Waals surface area contributed by atoms with E-state index in [9.17, 15) is 23.9 Å². The molecule has 1 saturated heterocycles. The third-order valence-corrected chi connectivity index (χ3v) is 4.62. The number of carbonyl (C=O) groups excluding carboxylic acids is 2. The molecular weight excluding hydrogens is 351 g/mol.